The Balaban J connectivity index is 2.56. The maximum Gasteiger partial charge on any atom is 0.573 e. The summed E-state index contributed by atoms with van der Waals surface area (Å²) in [4.78, 5) is 21.9. The molecule has 0 atom stereocenters. The highest BCUT2D eigenvalue weighted by Crippen LogP contribution is 2.23. The van der Waals surface area contributed by atoms with Gasteiger partial charge >= 0.3 is 12.3 Å². The van der Waals surface area contributed by atoms with E-state index in [2.05, 4.69) is 10.1 Å². The summed E-state index contributed by atoms with van der Waals surface area (Å²) in [6, 6.07) is 4.62. The van der Waals surface area contributed by atoms with E-state index in [0.717, 1.165) is 12.1 Å². The van der Waals surface area contributed by atoms with Crippen molar-refractivity contribution < 1.29 is 32.6 Å². The number of amides is 1. The Morgan fingerprint density at radius 1 is 1.30 bits per heavy atom. The van der Waals surface area contributed by atoms with Gasteiger partial charge in [-0.2, -0.15) is 0 Å². The summed E-state index contributed by atoms with van der Waals surface area (Å²) in [6.45, 7) is 0.121. The molecule has 0 aromatic heterocycles. The molecule has 110 valence electrons. The van der Waals surface area contributed by atoms with E-state index in [1.807, 2.05) is 0 Å². The van der Waals surface area contributed by atoms with E-state index in [4.69, 9.17) is 5.11 Å². The van der Waals surface area contributed by atoms with Gasteiger partial charge in [0, 0.05) is 18.5 Å². The number of carbonyl (C=O) groups excluding carboxylic acids is 1. The molecule has 0 bridgehead atoms. The Bertz CT molecular complexity index is 488. The van der Waals surface area contributed by atoms with Gasteiger partial charge in [-0.15, -0.1) is 13.2 Å². The van der Waals surface area contributed by atoms with Crippen molar-refractivity contribution in [3.63, 3.8) is 0 Å². The number of carboxylic acid groups (broad SMARTS) is 1. The van der Waals surface area contributed by atoms with Crippen molar-refractivity contribution >= 4 is 11.9 Å². The minimum atomic E-state index is -4.82. The molecular weight excluding hydrogens is 279 g/mol. The van der Waals surface area contributed by atoms with E-state index in [0.29, 0.717) is 0 Å². The fourth-order valence-corrected chi connectivity index (χ4v) is 1.38. The molecule has 0 radical (unpaired) electrons. The molecule has 8 heteroatoms. The van der Waals surface area contributed by atoms with E-state index < -0.39 is 24.0 Å². The summed E-state index contributed by atoms with van der Waals surface area (Å²) in [7, 11) is 0. The first-order valence-electron chi connectivity index (χ1n) is 5.64. The Morgan fingerprint density at radius 3 is 2.60 bits per heavy atom. The lowest BCUT2D eigenvalue weighted by molar-refractivity contribution is -0.274. The van der Waals surface area contributed by atoms with Gasteiger partial charge in [0.15, 0.2) is 0 Å². The summed E-state index contributed by atoms with van der Waals surface area (Å²) < 4.78 is 39.8. The smallest absolute Gasteiger partial charge is 0.481 e. The van der Waals surface area contributed by atoms with Crippen LogP contribution in [-0.4, -0.2) is 29.9 Å². The fourth-order valence-electron chi connectivity index (χ4n) is 1.38. The van der Waals surface area contributed by atoms with Crippen LogP contribution in [0.1, 0.15) is 23.2 Å². The van der Waals surface area contributed by atoms with Crippen LogP contribution in [0, 0.1) is 0 Å². The number of hydrogen-bond acceptors (Lipinski definition) is 3. The average molecular weight is 291 g/mol. The predicted octanol–water partition coefficient (Wildman–Crippen LogP) is 2.18. The number of alkyl halides is 3. The molecule has 1 aromatic rings. The third kappa shape index (κ3) is 6.07. The highest BCUT2D eigenvalue weighted by Gasteiger charge is 2.31. The van der Waals surface area contributed by atoms with Crippen LogP contribution < -0.4 is 10.1 Å². The minimum Gasteiger partial charge on any atom is -0.481 e. The van der Waals surface area contributed by atoms with Crippen molar-refractivity contribution in [3.05, 3.63) is 29.8 Å². The van der Waals surface area contributed by atoms with Crippen LogP contribution in [0.2, 0.25) is 0 Å². The monoisotopic (exact) mass is 291 g/mol. The largest absolute Gasteiger partial charge is 0.573 e. The van der Waals surface area contributed by atoms with E-state index >= 15 is 0 Å². The lowest BCUT2D eigenvalue weighted by Gasteiger charge is -2.10. The van der Waals surface area contributed by atoms with Crippen LogP contribution in [0.25, 0.3) is 0 Å². The van der Waals surface area contributed by atoms with Crippen LogP contribution in [0.4, 0.5) is 13.2 Å². The molecule has 1 aromatic carbocycles. The molecule has 0 unspecified atom stereocenters. The molecule has 0 saturated carbocycles. The van der Waals surface area contributed by atoms with Crippen molar-refractivity contribution in [2.24, 2.45) is 0 Å². The molecule has 0 aliphatic heterocycles. The summed E-state index contributed by atoms with van der Waals surface area (Å²) >= 11 is 0. The number of carboxylic acids is 1. The number of ether oxygens (including phenoxy) is 1. The Hall–Kier alpha value is -2.25. The number of halogens is 3. The first kappa shape index (κ1) is 15.8. The quantitative estimate of drug-likeness (QED) is 0.788. The van der Waals surface area contributed by atoms with Gasteiger partial charge in [0.1, 0.15) is 5.75 Å². The molecular formula is C12H12F3NO4. The zero-order valence-corrected chi connectivity index (χ0v) is 10.2. The zero-order valence-electron chi connectivity index (χ0n) is 10.2. The molecule has 0 aliphatic carbocycles. The van der Waals surface area contributed by atoms with Crippen LogP contribution in [-0.2, 0) is 4.79 Å². The maximum atomic E-state index is 12.0. The van der Waals surface area contributed by atoms with Crippen LogP contribution in [0.15, 0.2) is 24.3 Å². The topological polar surface area (TPSA) is 75.6 Å². The lowest BCUT2D eigenvalue weighted by atomic mass is 10.2. The number of nitrogens with one attached hydrogen (secondary N) is 1. The second-order valence-corrected chi connectivity index (χ2v) is 3.83. The fraction of sp³-hybridized carbons (Fsp3) is 0.333. The van der Waals surface area contributed by atoms with Crippen LogP contribution in [0.3, 0.4) is 0 Å². The summed E-state index contributed by atoms with van der Waals surface area (Å²) in [6.07, 6.45) is -4.69. The van der Waals surface area contributed by atoms with Crippen molar-refractivity contribution in [1.82, 2.24) is 5.32 Å². The molecule has 20 heavy (non-hydrogen) atoms. The van der Waals surface area contributed by atoms with Crippen LogP contribution in [0.5, 0.6) is 5.75 Å². The molecule has 0 saturated heterocycles. The van der Waals surface area contributed by atoms with Crippen molar-refractivity contribution in [3.8, 4) is 5.75 Å². The number of aliphatic carboxylic acids is 1. The van der Waals surface area contributed by atoms with Gasteiger partial charge < -0.3 is 15.2 Å². The minimum absolute atomic E-state index is 0.00192. The van der Waals surface area contributed by atoms with Crippen molar-refractivity contribution in [2.75, 3.05) is 6.54 Å². The predicted molar refractivity (Wildman–Crippen MR) is 62.3 cm³/mol. The van der Waals surface area contributed by atoms with Crippen molar-refractivity contribution in [2.45, 2.75) is 19.2 Å². The van der Waals surface area contributed by atoms with Gasteiger partial charge in [0.05, 0.1) is 0 Å². The molecule has 0 heterocycles. The first-order valence-corrected chi connectivity index (χ1v) is 5.64. The summed E-state index contributed by atoms with van der Waals surface area (Å²) in [5.41, 5.74) is 0.00192. The van der Waals surface area contributed by atoms with Gasteiger partial charge in [-0.25, -0.2) is 0 Å². The average Bonchev–Trinajstić information content (AvgIpc) is 2.32. The standard InChI is InChI=1S/C12H12F3NO4/c13-12(14,15)20-9-4-1-3-8(7-9)11(19)16-6-2-5-10(17)18/h1,3-4,7H,2,5-6H2,(H,16,19)(H,17,18). The van der Waals surface area contributed by atoms with Gasteiger partial charge in [-0.05, 0) is 24.6 Å². The van der Waals surface area contributed by atoms with Gasteiger partial charge in [0.2, 0.25) is 0 Å². The molecule has 2 N–H and O–H groups in total. The SMILES string of the molecule is O=C(O)CCCNC(=O)c1cccc(OC(F)(F)F)c1. The van der Waals surface area contributed by atoms with E-state index in [9.17, 15) is 22.8 Å². The molecule has 0 aliphatic rings. The number of carbonyl (C=O) groups is 2. The number of rotatable bonds is 6. The lowest BCUT2D eigenvalue weighted by Crippen LogP contribution is -2.25. The number of hydrogen-bond donors (Lipinski definition) is 2. The first-order chi connectivity index (χ1) is 9.28. The molecule has 1 rings (SSSR count). The second kappa shape index (κ2) is 6.78. The van der Waals surface area contributed by atoms with Crippen molar-refractivity contribution in [1.29, 1.82) is 0 Å². The Morgan fingerprint density at radius 2 is 2.00 bits per heavy atom. The third-order valence-electron chi connectivity index (χ3n) is 2.18. The Labute approximate surface area is 112 Å². The molecule has 0 spiro atoms. The van der Waals surface area contributed by atoms with Crippen LogP contribution >= 0.6 is 0 Å². The van der Waals surface area contributed by atoms with Gasteiger partial charge in [0.25, 0.3) is 5.91 Å². The third-order valence-corrected chi connectivity index (χ3v) is 2.18. The summed E-state index contributed by atoms with van der Waals surface area (Å²) in [5.74, 6) is -2.07. The van der Waals surface area contributed by atoms with Gasteiger partial charge in [-0.1, -0.05) is 6.07 Å². The summed E-state index contributed by atoms with van der Waals surface area (Å²) in [5, 5.41) is 10.8. The zero-order chi connectivity index (χ0) is 15.2. The molecule has 0 fully saturated rings. The second-order valence-electron chi connectivity index (χ2n) is 3.83. The highest BCUT2D eigenvalue weighted by molar-refractivity contribution is 5.94. The normalized spacial score (nSPS) is 10.9. The highest BCUT2D eigenvalue weighted by atomic mass is 19.4. The molecule has 5 nitrogen and oxygen atoms in total. The Kier molecular flexibility index (Phi) is 5.36. The van der Waals surface area contributed by atoms with E-state index in [1.54, 1.807) is 0 Å². The maximum absolute atomic E-state index is 12.0. The van der Waals surface area contributed by atoms with Gasteiger partial charge in [-0.3, -0.25) is 9.59 Å². The molecule has 1 amide bonds. The number of benzene rings is 1. The van der Waals surface area contributed by atoms with E-state index in [1.165, 1.54) is 12.1 Å². The van der Waals surface area contributed by atoms with E-state index in [-0.39, 0.29) is 24.9 Å².